The Bertz CT molecular complexity index is 607. The summed E-state index contributed by atoms with van der Waals surface area (Å²) in [6, 6.07) is 7.22. The van der Waals surface area contributed by atoms with Gasteiger partial charge in [-0.25, -0.2) is 0 Å². The van der Waals surface area contributed by atoms with Gasteiger partial charge in [0.25, 0.3) is 0 Å². The maximum Gasteiger partial charge on any atom is 0.0429 e. The van der Waals surface area contributed by atoms with E-state index in [1.54, 1.807) is 0 Å². The largest absolute Gasteiger partial charge is 0.382 e. The first-order valence-electron chi connectivity index (χ1n) is 7.29. The molecule has 1 heterocycles. The molecule has 1 saturated carbocycles. The van der Waals surface area contributed by atoms with Crippen LogP contribution in [0.2, 0.25) is 0 Å². The van der Waals surface area contributed by atoms with Gasteiger partial charge < -0.3 is 11.1 Å². The predicted molar refractivity (Wildman–Crippen MR) is 85.7 cm³/mol. The van der Waals surface area contributed by atoms with Crippen molar-refractivity contribution in [3.63, 3.8) is 0 Å². The third-order valence-electron chi connectivity index (χ3n) is 4.16. The zero-order valence-electron chi connectivity index (χ0n) is 11.7. The number of fused-ring (bicyclic) bond motifs is 1. The smallest absolute Gasteiger partial charge is 0.0429 e. The third-order valence-corrected chi connectivity index (χ3v) is 4.16. The summed E-state index contributed by atoms with van der Waals surface area (Å²) in [6.07, 6.45) is 10.2. The van der Waals surface area contributed by atoms with Crippen molar-refractivity contribution in [1.29, 1.82) is 0 Å². The molecule has 3 nitrogen and oxygen atoms in total. The molecule has 0 bridgehead atoms. The first-order chi connectivity index (χ1) is 9.78. The average molecular weight is 267 g/mol. The molecule has 20 heavy (non-hydrogen) atoms. The van der Waals surface area contributed by atoms with E-state index in [-0.39, 0.29) is 0 Å². The molecule has 3 rings (SSSR count). The monoisotopic (exact) mass is 267 g/mol. The van der Waals surface area contributed by atoms with E-state index in [0.717, 1.165) is 36.6 Å². The van der Waals surface area contributed by atoms with E-state index in [0.29, 0.717) is 12.1 Å². The van der Waals surface area contributed by atoms with Crippen LogP contribution in [-0.2, 0) is 0 Å². The molecule has 0 aliphatic heterocycles. The summed E-state index contributed by atoms with van der Waals surface area (Å²) in [5.41, 5.74) is 8.24. The fourth-order valence-corrected chi connectivity index (χ4v) is 3.02. The van der Waals surface area contributed by atoms with E-state index in [2.05, 4.69) is 35.1 Å². The van der Waals surface area contributed by atoms with Gasteiger partial charge in [-0.2, -0.15) is 0 Å². The SMILES string of the molecule is C=Cc1cncc2cccc(N[C@H]3CC[C@H](N)CC3)c12. The van der Waals surface area contributed by atoms with E-state index in [4.69, 9.17) is 5.73 Å². The summed E-state index contributed by atoms with van der Waals surface area (Å²) in [5, 5.41) is 6.06. The van der Waals surface area contributed by atoms with E-state index in [9.17, 15) is 0 Å². The number of hydrogen-bond donors (Lipinski definition) is 2. The molecule has 1 fully saturated rings. The average Bonchev–Trinajstić information content (AvgIpc) is 2.49. The highest BCUT2D eigenvalue weighted by atomic mass is 14.9. The van der Waals surface area contributed by atoms with Gasteiger partial charge in [0.05, 0.1) is 0 Å². The number of nitrogens with two attached hydrogens (primary N) is 1. The molecule has 0 amide bonds. The summed E-state index contributed by atoms with van der Waals surface area (Å²) in [5.74, 6) is 0. The van der Waals surface area contributed by atoms with Crippen LogP contribution in [0.15, 0.2) is 37.2 Å². The number of nitrogens with zero attached hydrogens (tertiary/aromatic N) is 1. The number of pyridine rings is 1. The second-order valence-electron chi connectivity index (χ2n) is 5.59. The minimum Gasteiger partial charge on any atom is -0.382 e. The lowest BCUT2D eigenvalue weighted by atomic mass is 9.91. The summed E-state index contributed by atoms with van der Waals surface area (Å²) in [4.78, 5) is 4.27. The number of anilines is 1. The van der Waals surface area contributed by atoms with Crippen LogP contribution in [0.5, 0.6) is 0 Å². The van der Waals surface area contributed by atoms with Crippen LogP contribution in [0.4, 0.5) is 5.69 Å². The van der Waals surface area contributed by atoms with Crippen LogP contribution in [-0.4, -0.2) is 17.1 Å². The van der Waals surface area contributed by atoms with Gasteiger partial charge in [0, 0.05) is 46.5 Å². The van der Waals surface area contributed by atoms with Gasteiger partial charge in [-0.3, -0.25) is 4.98 Å². The van der Waals surface area contributed by atoms with Gasteiger partial charge in [-0.1, -0.05) is 24.8 Å². The van der Waals surface area contributed by atoms with Gasteiger partial charge >= 0.3 is 0 Å². The van der Waals surface area contributed by atoms with Gasteiger partial charge in [0.2, 0.25) is 0 Å². The lowest BCUT2D eigenvalue weighted by Gasteiger charge is -2.28. The number of hydrogen-bond acceptors (Lipinski definition) is 3. The van der Waals surface area contributed by atoms with Crippen LogP contribution in [0.1, 0.15) is 31.2 Å². The Morgan fingerprint density at radius 3 is 2.75 bits per heavy atom. The van der Waals surface area contributed by atoms with Crippen LogP contribution >= 0.6 is 0 Å². The number of nitrogens with one attached hydrogen (secondary N) is 1. The molecular formula is C17H21N3. The molecule has 2 aromatic rings. The van der Waals surface area contributed by atoms with Gasteiger partial charge in [-0.05, 0) is 31.7 Å². The molecule has 1 aliphatic rings. The minimum absolute atomic E-state index is 0.383. The standard InChI is InChI=1S/C17H21N3/c1-2-12-10-19-11-13-4-3-5-16(17(12)13)20-15-8-6-14(18)7-9-15/h2-5,10-11,14-15,20H,1,6-9,18H2/t14-,15-. The van der Waals surface area contributed by atoms with E-state index >= 15 is 0 Å². The number of aromatic nitrogens is 1. The topological polar surface area (TPSA) is 50.9 Å². The van der Waals surface area contributed by atoms with Gasteiger partial charge in [0.1, 0.15) is 0 Å². The fourth-order valence-electron chi connectivity index (χ4n) is 3.02. The quantitative estimate of drug-likeness (QED) is 0.894. The maximum atomic E-state index is 5.98. The van der Waals surface area contributed by atoms with E-state index in [1.165, 1.54) is 11.1 Å². The molecule has 0 radical (unpaired) electrons. The first kappa shape index (κ1) is 13.1. The molecule has 104 valence electrons. The zero-order chi connectivity index (χ0) is 13.9. The lowest BCUT2D eigenvalue weighted by molar-refractivity contribution is 0.411. The highest BCUT2D eigenvalue weighted by Gasteiger charge is 2.19. The highest BCUT2D eigenvalue weighted by molar-refractivity contribution is 5.99. The van der Waals surface area contributed by atoms with Crippen LogP contribution in [0, 0.1) is 0 Å². The second-order valence-corrected chi connectivity index (χ2v) is 5.59. The minimum atomic E-state index is 0.383. The molecule has 1 aliphatic carbocycles. The van der Waals surface area contributed by atoms with Crippen molar-refractivity contribution in [3.05, 3.63) is 42.7 Å². The third kappa shape index (κ3) is 2.54. The van der Waals surface area contributed by atoms with Crippen molar-refractivity contribution in [2.75, 3.05) is 5.32 Å². The van der Waals surface area contributed by atoms with Crippen molar-refractivity contribution in [3.8, 4) is 0 Å². The predicted octanol–water partition coefficient (Wildman–Crippen LogP) is 3.56. The molecular weight excluding hydrogens is 246 g/mol. The molecule has 0 saturated heterocycles. The zero-order valence-corrected chi connectivity index (χ0v) is 11.7. The van der Waals surface area contributed by atoms with Crippen molar-refractivity contribution < 1.29 is 0 Å². The molecule has 3 N–H and O–H groups in total. The van der Waals surface area contributed by atoms with Gasteiger partial charge in [-0.15, -0.1) is 0 Å². The molecule has 1 aromatic heterocycles. The van der Waals surface area contributed by atoms with Crippen molar-refractivity contribution in [2.24, 2.45) is 5.73 Å². The summed E-state index contributed by atoms with van der Waals surface area (Å²) in [7, 11) is 0. The number of benzene rings is 1. The summed E-state index contributed by atoms with van der Waals surface area (Å²) in [6.45, 7) is 3.89. The molecule has 1 aromatic carbocycles. The molecule has 0 atom stereocenters. The van der Waals surface area contributed by atoms with Crippen molar-refractivity contribution >= 4 is 22.5 Å². The molecule has 0 spiro atoms. The molecule has 0 unspecified atom stereocenters. The lowest BCUT2D eigenvalue weighted by Crippen LogP contribution is -2.32. The van der Waals surface area contributed by atoms with E-state index in [1.807, 2.05) is 18.5 Å². The summed E-state index contributed by atoms with van der Waals surface area (Å²) < 4.78 is 0. The Morgan fingerprint density at radius 1 is 1.20 bits per heavy atom. The Balaban J connectivity index is 1.93. The van der Waals surface area contributed by atoms with E-state index < -0.39 is 0 Å². The maximum absolute atomic E-state index is 5.98. The normalized spacial score (nSPS) is 22.6. The van der Waals surface area contributed by atoms with Crippen LogP contribution in [0.3, 0.4) is 0 Å². The van der Waals surface area contributed by atoms with Crippen molar-refractivity contribution in [1.82, 2.24) is 4.98 Å². The summed E-state index contributed by atoms with van der Waals surface area (Å²) >= 11 is 0. The number of rotatable bonds is 3. The Hall–Kier alpha value is -1.87. The van der Waals surface area contributed by atoms with Crippen LogP contribution < -0.4 is 11.1 Å². The molecule has 3 heteroatoms. The first-order valence-corrected chi connectivity index (χ1v) is 7.29. The van der Waals surface area contributed by atoms with Crippen molar-refractivity contribution in [2.45, 2.75) is 37.8 Å². The highest BCUT2D eigenvalue weighted by Crippen LogP contribution is 2.29. The second kappa shape index (κ2) is 5.63. The Kier molecular flexibility index (Phi) is 3.70. The Morgan fingerprint density at radius 2 is 2.00 bits per heavy atom. The van der Waals surface area contributed by atoms with Gasteiger partial charge in [0.15, 0.2) is 0 Å². The van der Waals surface area contributed by atoms with Crippen LogP contribution in [0.25, 0.3) is 16.8 Å². The Labute approximate surface area is 119 Å². The fraction of sp³-hybridized carbons (Fsp3) is 0.353.